The molecule has 6 heteroatoms. The van der Waals surface area contributed by atoms with E-state index in [4.69, 9.17) is 9.72 Å². The van der Waals surface area contributed by atoms with Crippen LogP contribution in [-0.2, 0) is 26.5 Å². The second-order valence-corrected chi connectivity index (χ2v) is 16.2. The number of anilines is 1. The van der Waals surface area contributed by atoms with Gasteiger partial charge in [-0.15, -0.1) is 11.6 Å². The van der Waals surface area contributed by atoms with E-state index in [-0.39, 0.29) is 34.7 Å². The van der Waals surface area contributed by atoms with E-state index in [1.165, 1.54) is 38.0 Å². The predicted molar refractivity (Wildman–Crippen MR) is 156 cm³/mol. The van der Waals surface area contributed by atoms with Gasteiger partial charge in [-0.1, -0.05) is 71.5 Å². The molecule has 4 atom stereocenters. The monoisotopic (exact) mass is 544 g/mol. The Labute approximate surface area is 238 Å². The van der Waals surface area contributed by atoms with Crippen LogP contribution in [0.5, 0.6) is 0 Å². The number of likely N-dealkylation sites (tertiary alicyclic amines) is 1. The predicted octanol–water partition coefficient (Wildman–Crippen LogP) is 7.32. The molecule has 0 radical (unpaired) electrons. The third kappa shape index (κ3) is 8.26. The summed E-state index contributed by atoms with van der Waals surface area (Å²) >= 11 is 0. The first-order valence-electron chi connectivity index (χ1n) is 12.9. The first-order valence-corrected chi connectivity index (χ1v) is 16.0. The molecule has 4 rings (SSSR count). The topological polar surface area (TPSA) is 29.8 Å². The van der Waals surface area contributed by atoms with Crippen LogP contribution >= 0.6 is 0 Å². The van der Waals surface area contributed by atoms with Crippen LogP contribution < -0.4 is 4.90 Å². The second-order valence-electron chi connectivity index (χ2n) is 11.9. The van der Waals surface area contributed by atoms with Gasteiger partial charge in [0, 0.05) is 12.0 Å². The summed E-state index contributed by atoms with van der Waals surface area (Å²) in [4.78, 5) is 10.2. The van der Waals surface area contributed by atoms with E-state index >= 15 is 0 Å². The first-order chi connectivity index (χ1) is 15.9. The molecule has 3 aliphatic rings. The van der Waals surface area contributed by atoms with Gasteiger partial charge in [0.05, 0.1) is 7.11 Å². The van der Waals surface area contributed by atoms with Gasteiger partial charge >= 0.3 is 21.7 Å². The van der Waals surface area contributed by atoms with Crippen molar-refractivity contribution in [1.82, 2.24) is 4.90 Å². The first kappa shape index (κ1) is 33.0. The number of ether oxygens (including phenoxy) is 1. The summed E-state index contributed by atoms with van der Waals surface area (Å²) in [5.74, 6) is 2.30. The molecule has 1 heterocycles. The van der Waals surface area contributed by atoms with Crippen LogP contribution in [0, 0.1) is 26.2 Å². The largest absolute Gasteiger partial charge is 4.00 e. The smallest absolute Gasteiger partial charge is 0.660 e. The number of hydrogen-bond donors (Lipinski definition) is 0. The quantitative estimate of drug-likeness (QED) is 0.287. The van der Waals surface area contributed by atoms with Crippen molar-refractivity contribution in [2.75, 3.05) is 39.2 Å². The number of benzene rings is 1. The van der Waals surface area contributed by atoms with E-state index < -0.39 is 8.24 Å². The summed E-state index contributed by atoms with van der Waals surface area (Å²) in [6, 6.07) is 8.76. The SMILES string of the molecule is COC1=CC2C(C=C1)C([Si](C)(C)[N-]C(C)(C)C)CC2N1CCCC1.[CH2-]c1ccccc1N(C)C.[CH3-].[Ti+4]. The Hall–Kier alpha value is -0.979. The minimum Gasteiger partial charge on any atom is -0.660 e. The van der Waals surface area contributed by atoms with Gasteiger partial charge < -0.3 is 22.0 Å². The zero-order valence-electron chi connectivity index (χ0n) is 24.3. The maximum atomic E-state index is 5.56. The Kier molecular flexibility index (Phi) is 12.6. The number of nitrogens with zero attached hydrogens (tertiary/aromatic N) is 3. The number of methoxy groups -OCH3 is 1. The Morgan fingerprint density at radius 3 is 2.19 bits per heavy atom. The molecule has 4 nitrogen and oxygen atoms in total. The van der Waals surface area contributed by atoms with E-state index in [2.05, 4.69) is 74.9 Å². The van der Waals surface area contributed by atoms with Crippen molar-refractivity contribution in [3.63, 3.8) is 0 Å². The van der Waals surface area contributed by atoms with E-state index in [9.17, 15) is 0 Å². The number of rotatable bonds is 5. The van der Waals surface area contributed by atoms with Gasteiger partial charge in [0.15, 0.2) is 0 Å². The Morgan fingerprint density at radius 2 is 1.69 bits per heavy atom. The molecule has 0 aromatic heterocycles. The van der Waals surface area contributed by atoms with Crippen LogP contribution in [-0.4, -0.2) is 59.0 Å². The Morgan fingerprint density at radius 1 is 1.08 bits per heavy atom. The van der Waals surface area contributed by atoms with Crippen LogP contribution in [0.2, 0.25) is 18.6 Å². The molecular weight excluding hydrogens is 494 g/mol. The molecule has 198 valence electrons. The molecule has 0 N–H and O–H groups in total. The van der Waals surface area contributed by atoms with Gasteiger partial charge in [0.25, 0.3) is 0 Å². The van der Waals surface area contributed by atoms with Crippen molar-refractivity contribution in [2.45, 2.75) is 70.2 Å². The summed E-state index contributed by atoms with van der Waals surface area (Å²) in [5.41, 5.74) is 3.07. The Balaban J connectivity index is 0.000000459. The van der Waals surface area contributed by atoms with E-state index in [0.717, 1.165) is 16.9 Å². The number of allylic oxidation sites excluding steroid dienone is 2. The summed E-state index contributed by atoms with van der Waals surface area (Å²) < 4.78 is 5.56. The molecule has 1 aromatic carbocycles. The van der Waals surface area contributed by atoms with Crippen molar-refractivity contribution in [3.8, 4) is 0 Å². The number of hydrogen-bond acceptors (Lipinski definition) is 3. The molecule has 0 bridgehead atoms. The zero-order chi connectivity index (χ0) is 25.1. The Bertz CT molecular complexity index is 871. The number of fused-ring (bicyclic) bond motifs is 1. The van der Waals surface area contributed by atoms with Crippen LogP contribution in [0.15, 0.2) is 48.3 Å². The standard InChI is InChI=1S/C20H35N2OSi.C9H12N.CH3.Ti/c1-20(2,3)21-24(5,6)19-14-18(22-11-7-8-12-22)17-13-15(23-4)9-10-16(17)19;1-8-6-4-5-7-9(8)10(2)3;;/h9-10,13,16-19H,7-8,11-12,14H2,1-6H3;4-7H,1H2,2-3H3;1H3;/q3*-1;+4. The fourth-order valence-electron chi connectivity index (χ4n) is 6.29. The molecule has 1 aromatic rings. The molecule has 1 saturated heterocycles. The average Bonchev–Trinajstić information content (AvgIpc) is 3.40. The van der Waals surface area contributed by atoms with Crippen LogP contribution in [0.1, 0.15) is 45.6 Å². The molecule has 1 aliphatic heterocycles. The van der Waals surface area contributed by atoms with Gasteiger partial charge in [-0.3, -0.25) is 4.90 Å². The van der Waals surface area contributed by atoms with Gasteiger partial charge in [-0.25, -0.2) is 0 Å². The fraction of sp³-hybridized carbons (Fsp3) is 0.600. The molecule has 36 heavy (non-hydrogen) atoms. The normalized spacial score (nSPS) is 25.5. The van der Waals surface area contributed by atoms with Crippen LogP contribution in [0.4, 0.5) is 5.69 Å². The molecule has 0 spiro atoms. The van der Waals surface area contributed by atoms with Crippen molar-refractivity contribution in [3.05, 3.63) is 73.1 Å². The van der Waals surface area contributed by atoms with Crippen molar-refractivity contribution < 1.29 is 26.5 Å². The van der Waals surface area contributed by atoms with Gasteiger partial charge in [0.2, 0.25) is 0 Å². The summed E-state index contributed by atoms with van der Waals surface area (Å²) in [7, 11) is 4.17. The maximum absolute atomic E-state index is 5.56. The van der Waals surface area contributed by atoms with Crippen molar-refractivity contribution in [1.29, 1.82) is 0 Å². The zero-order valence-corrected chi connectivity index (χ0v) is 26.9. The molecule has 0 amide bonds. The third-order valence-electron chi connectivity index (χ3n) is 7.54. The molecule has 2 aliphatic carbocycles. The minimum atomic E-state index is -1.66. The third-order valence-corrected chi connectivity index (χ3v) is 11.2. The van der Waals surface area contributed by atoms with Crippen molar-refractivity contribution >= 4 is 13.9 Å². The van der Waals surface area contributed by atoms with Gasteiger partial charge in [-0.05, 0) is 64.5 Å². The van der Waals surface area contributed by atoms with Gasteiger partial charge in [-0.2, -0.15) is 18.6 Å². The van der Waals surface area contributed by atoms with E-state index in [0.29, 0.717) is 17.9 Å². The van der Waals surface area contributed by atoms with Gasteiger partial charge in [0.1, 0.15) is 5.76 Å². The number of para-hydroxylation sites is 1. The summed E-state index contributed by atoms with van der Waals surface area (Å²) in [6.07, 6.45) is 11.1. The maximum Gasteiger partial charge on any atom is 4.00 e. The molecule has 2 fully saturated rings. The van der Waals surface area contributed by atoms with E-state index in [1.54, 1.807) is 7.11 Å². The minimum absolute atomic E-state index is 0. The van der Waals surface area contributed by atoms with Crippen LogP contribution in [0.3, 0.4) is 0 Å². The van der Waals surface area contributed by atoms with Crippen LogP contribution in [0.25, 0.3) is 4.98 Å². The fourth-order valence-corrected chi connectivity index (χ4v) is 10.3. The average molecular weight is 545 g/mol. The second kappa shape index (κ2) is 13.7. The molecular formula is C30H50N3OSiTi+. The van der Waals surface area contributed by atoms with E-state index in [1.807, 2.05) is 32.3 Å². The molecule has 1 saturated carbocycles. The molecule has 4 unspecified atom stereocenters. The summed E-state index contributed by atoms with van der Waals surface area (Å²) in [5, 5.41) is 0. The summed E-state index contributed by atoms with van der Waals surface area (Å²) in [6.45, 7) is 18.2. The van der Waals surface area contributed by atoms with Crippen molar-refractivity contribution in [2.24, 2.45) is 11.8 Å².